The van der Waals surface area contributed by atoms with E-state index < -0.39 is 37.3 Å². The number of hydrogen-bond acceptors (Lipinski definition) is 9. The highest BCUT2D eigenvalue weighted by atomic mass is 16.7. The van der Waals surface area contributed by atoms with Crippen LogP contribution in [0.2, 0.25) is 0 Å². The summed E-state index contributed by atoms with van der Waals surface area (Å²) in [5, 5.41) is 44.9. The molecule has 5 rings (SSSR count). The van der Waals surface area contributed by atoms with Crippen LogP contribution in [0.1, 0.15) is 106 Å². The number of ether oxygens (including phenoxy) is 3. The first-order valence-corrected chi connectivity index (χ1v) is 18.3. The van der Waals surface area contributed by atoms with Gasteiger partial charge in [-0.3, -0.25) is 9.59 Å². The van der Waals surface area contributed by atoms with Gasteiger partial charge in [-0.1, -0.05) is 52.2 Å². The van der Waals surface area contributed by atoms with Gasteiger partial charge in [0, 0.05) is 13.8 Å². The Labute approximate surface area is 281 Å². The molecule has 0 aromatic heterocycles. The van der Waals surface area contributed by atoms with Crippen LogP contribution >= 0.6 is 0 Å². The van der Waals surface area contributed by atoms with E-state index in [4.69, 9.17) is 14.2 Å². The monoisotopic (exact) mass is 663 g/mol. The van der Waals surface area contributed by atoms with Crippen LogP contribution in [0.15, 0.2) is 11.6 Å². The predicted molar refractivity (Wildman–Crippen MR) is 176 cm³/mol. The molecular formula is C37H61NO9. The third-order valence-electron chi connectivity index (χ3n) is 13.3. The number of esters is 1. The summed E-state index contributed by atoms with van der Waals surface area (Å²) in [5.41, 5.74) is 1.48. The molecule has 0 radical (unpaired) electrons. The van der Waals surface area contributed by atoms with E-state index in [0.717, 1.165) is 64.2 Å². The third kappa shape index (κ3) is 7.34. The first-order valence-electron chi connectivity index (χ1n) is 18.3. The molecule has 0 aromatic carbocycles. The molecule has 15 atom stereocenters. The Bertz CT molecular complexity index is 1150. The van der Waals surface area contributed by atoms with Gasteiger partial charge >= 0.3 is 5.97 Å². The highest BCUT2D eigenvalue weighted by molar-refractivity contribution is 5.73. The van der Waals surface area contributed by atoms with Crippen molar-refractivity contribution in [3.63, 3.8) is 0 Å². The molecule has 268 valence electrons. The minimum Gasteiger partial charge on any atom is -0.466 e. The largest absolute Gasteiger partial charge is 0.466 e. The Morgan fingerprint density at radius 3 is 2.51 bits per heavy atom. The lowest BCUT2D eigenvalue weighted by Crippen LogP contribution is -2.65. The molecule has 1 saturated heterocycles. The SMILES string of the molecule is CC(=O)N[C@H]1[C@H](O[C@H]2C[C@H]([C@H](C)CCC[C@@H](C)COC(C)=O)[C@@]3(C)CC[C@H]4[C@@H](CC=C5C[C@H](O)CC[C@@]54C)[C@H]23)O[C@H](CO)[C@@H](O)[C@@H]1O. The first-order chi connectivity index (χ1) is 22.2. The summed E-state index contributed by atoms with van der Waals surface area (Å²) < 4.78 is 18.3. The maximum Gasteiger partial charge on any atom is 0.302 e. The van der Waals surface area contributed by atoms with Crippen LogP contribution in [0.25, 0.3) is 0 Å². The van der Waals surface area contributed by atoms with Crippen LogP contribution in [0.3, 0.4) is 0 Å². The van der Waals surface area contributed by atoms with Crippen molar-refractivity contribution in [2.24, 2.45) is 46.3 Å². The van der Waals surface area contributed by atoms with Crippen molar-refractivity contribution in [2.45, 2.75) is 149 Å². The van der Waals surface area contributed by atoms with Gasteiger partial charge in [-0.2, -0.15) is 0 Å². The number of hydrogen-bond donors (Lipinski definition) is 5. The molecule has 0 aromatic rings. The molecule has 5 N–H and O–H groups in total. The zero-order valence-electron chi connectivity index (χ0n) is 29.4. The van der Waals surface area contributed by atoms with E-state index in [1.807, 2.05) is 0 Å². The van der Waals surface area contributed by atoms with E-state index in [9.17, 15) is 30.0 Å². The molecule has 47 heavy (non-hydrogen) atoms. The second-order valence-corrected chi connectivity index (χ2v) is 16.4. The lowest BCUT2D eigenvalue weighted by Gasteiger charge is -2.59. The summed E-state index contributed by atoms with van der Waals surface area (Å²) in [7, 11) is 0. The fraction of sp³-hybridized carbons (Fsp3) is 0.892. The second kappa shape index (κ2) is 14.7. The van der Waals surface area contributed by atoms with Gasteiger partial charge in [0.1, 0.15) is 24.4 Å². The third-order valence-corrected chi connectivity index (χ3v) is 13.3. The molecule has 4 aliphatic carbocycles. The topological polar surface area (TPSA) is 155 Å². The summed E-state index contributed by atoms with van der Waals surface area (Å²) in [4.78, 5) is 23.5. The maximum atomic E-state index is 12.2. The summed E-state index contributed by atoms with van der Waals surface area (Å²) >= 11 is 0. The van der Waals surface area contributed by atoms with Crippen LogP contribution in [0.5, 0.6) is 0 Å². The number of amides is 1. The highest BCUT2D eigenvalue weighted by Gasteiger charge is 2.63. The maximum absolute atomic E-state index is 12.2. The van der Waals surface area contributed by atoms with E-state index in [0.29, 0.717) is 36.2 Å². The number of aliphatic hydroxyl groups excluding tert-OH is 4. The number of allylic oxidation sites excluding steroid dienone is 1. The molecule has 0 unspecified atom stereocenters. The average Bonchev–Trinajstić information content (AvgIpc) is 3.31. The molecule has 10 heteroatoms. The summed E-state index contributed by atoms with van der Waals surface area (Å²) in [6.07, 6.45) is 6.86. The number of rotatable bonds is 11. The number of fused-ring (bicyclic) bond motifs is 5. The fourth-order valence-electron chi connectivity index (χ4n) is 10.8. The Morgan fingerprint density at radius 1 is 1.09 bits per heavy atom. The minimum absolute atomic E-state index is 0.0111. The van der Waals surface area contributed by atoms with Gasteiger partial charge in [0.25, 0.3) is 0 Å². The van der Waals surface area contributed by atoms with E-state index >= 15 is 0 Å². The Hall–Kier alpha value is -1.56. The Kier molecular flexibility index (Phi) is 11.5. The molecule has 1 aliphatic heterocycles. The zero-order chi connectivity index (χ0) is 34.3. The molecule has 10 nitrogen and oxygen atoms in total. The van der Waals surface area contributed by atoms with Crippen molar-refractivity contribution in [1.82, 2.24) is 5.32 Å². The lowest BCUT2D eigenvalue weighted by atomic mass is 9.46. The van der Waals surface area contributed by atoms with Crippen LogP contribution < -0.4 is 5.32 Å². The van der Waals surface area contributed by atoms with Gasteiger partial charge in [0.05, 0.1) is 25.4 Å². The van der Waals surface area contributed by atoms with Gasteiger partial charge in [-0.25, -0.2) is 0 Å². The number of carbonyl (C=O) groups is 2. The van der Waals surface area contributed by atoms with Gasteiger partial charge in [-0.05, 0) is 97.7 Å². The smallest absolute Gasteiger partial charge is 0.302 e. The molecule has 1 heterocycles. The van der Waals surface area contributed by atoms with E-state index in [1.165, 1.54) is 19.4 Å². The predicted octanol–water partition coefficient (Wildman–Crippen LogP) is 3.87. The van der Waals surface area contributed by atoms with Gasteiger partial charge < -0.3 is 40.0 Å². The van der Waals surface area contributed by atoms with Gasteiger partial charge in [0.15, 0.2) is 6.29 Å². The van der Waals surface area contributed by atoms with Crippen LogP contribution in [-0.2, 0) is 23.8 Å². The molecular weight excluding hydrogens is 602 g/mol. The normalized spacial score (nSPS) is 44.3. The van der Waals surface area contributed by atoms with Crippen molar-refractivity contribution in [2.75, 3.05) is 13.2 Å². The number of carbonyl (C=O) groups excluding carboxylic acids is 2. The molecule has 1 amide bonds. The van der Waals surface area contributed by atoms with Crippen LogP contribution in [0, 0.1) is 46.3 Å². The Morgan fingerprint density at radius 2 is 1.83 bits per heavy atom. The quantitative estimate of drug-likeness (QED) is 0.164. The molecule has 0 bridgehead atoms. The van der Waals surface area contributed by atoms with Crippen molar-refractivity contribution >= 4 is 11.9 Å². The fourth-order valence-corrected chi connectivity index (χ4v) is 10.8. The number of aliphatic hydroxyl groups is 4. The molecule has 0 spiro atoms. The van der Waals surface area contributed by atoms with Crippen LogP contribution in [-0.4, -0.2) is 88.4 Å². The standard InChI is InChI=1S/C37H61NO9/c1-20(19-45-23(4)41)8-7-9-21(2)28-17-29(46-35-32(38-22(3)40)34(44)33(43)30(18-39)47-35)31-26-11-10-24-16-25(42)12-14-36(24,5)27(26)13-15-37(28,31)6/h10,20-21,25-35,39,42-44H,7-9,11-19H2,1-6H3,(H,38,40)/t20-,21-,25-,26-,27+,28-,29+,30-,31-,32-,33-,34-,35-,36+,37-/m1/s1. The average molecular weight is 664 g/mol. The van der Waals surface area contributed by atoms with Crippen LogP contribution in [0.4, 0.5) is 0 Å². The highest BCUT2D eigenvalue weighted by Crippen LogP contribution is 2.68. The van der Waals surface area contributed by atoms with Gasteiger partial charge in [0.2, 0.25) is 5.91 Å². The van der Waals surface area contributed by atoms with E-state index in [1.54, 1.807) is 0 Å². The zero-order valence-corrected chi connectivity index (χ0v) is 29.4. The van der Waals surface area contributed by atoms with Crippen molar-refractivity contribution < 1.29 is 44.2 Å². The summed E-state index contributed by atoms with van der Waals surface area (Å²) in [5.74, 6) is 1.60. The van der Waals surface area contributed by atoms with E-state index in [-0.39, 0.29) is 40.8 Å². The molecule has 4 fully saturated rings. The van der Waals surface area contributed by atoms with E-state index in [2.05, 4.69) is 39.1 Å². The summed E-state index contributed by atoms with van der Waals surface area (Å²) in [6.45, 7) is 12.1. The molecule has 3 saturated carbocycles. The lowest BCUT2D eigenvalue weighted by molar-refractivity contribution is -0.289. The molecule has 5 aliphatic rings. The van der Waals surface area contributed by atoms with Crippen molar-refractivity contribution in [3.8, 4) is 0 Å². The Balaban J connectivity index is 1.41. The van der Waals surface area contributed by atoms with Crippen molar-refractivity contribution in [1.29, 1.82) is 0 Å². The first kappa shape index (κ1) is 36.7. The number of nitrogens with one attached hydrogen (secondary N) is 1. The second-order valence-electron chi connectivity index (χ2n) is 16.4. The minimum atomic E-state index is -1.36. The van der Waals surface area contributed by atoms with Gasteiger partial charge in [-0.15, -0.1) is 0 Å². The summed E-state index contributed by atoms with van der Waals surface area (Å²) in [6, 6.07) is -0.971. The van der Waals surface area contributed by atoms with Crippen molar-refractivity contribution in [3.05, 3.63) is 11.6 Å².